The van der Waals surface area contributed by atoms with Gasteiger partial charge in [-0.3, -0.25) is 4.79 Å². The number of halogens is 1. The second-order valence-corrected chi connectivity index (χ2v) is 7.95. The highest BCUT2D eigenvalue weighted by molar-refractivity contribution is 7.89. The minimum atomic E-state index is -3.82. The van der Waals surface area contributed by atoms with Crippen molar-refractivity contribution in [3.8, 4) is 5.75 Å². The van der Waals surface area contributed by atoms with Crippen LogP contribution in [0.5, 0.6) is 5.75 Å². The number of carbonyl (C=O) groups excluding carboxylic acids is 1. The second-order valence-electron chi connectivity index (χ2n) is 5.83. The lowest BCUT2D eigenvalue weighted by atomic mass is 10.2. The number of hydrogen-bond donors (Lipinski definition) is 2. The zero-order valence-electron chi connectivity index (χ0n) is 14.7. The standard InChI is InChI=1S/C18H21ClN2O4S/c1-4-25-16-10-5-13(11-17(16)26(23,24)21-12(2)3)18(22)20-15-8-6-14(19)7-9-15/h5-12,21H,4H2,1-3H3,(H,20,22). The van der Waals surface area contributed by atoms with Crippen LogP contribution in [-0.2, 0) is 10.0 Å². The van der Waals surface area contributed by atoms with E-state index in [0.29, 0.717) is 17.3 Å². The Morgan fingerprint density at radius 3 is 2.38 bits per heavy atom. The van der Waals surface area contributed by atoms with Gasteiger partial charge in [-0.25, -0.2) is 13.1 Å². The van der Waals surface area contributed by atoms with Crippen LogP contribution in [0.2, 0.25) is 5.02 Å². The van der Waals surface area contributed by atoms with Gasteiger partial charge in [0.15, 0.2) is 0 Å². The Kier molecular flexibility index (Phi) is 6.63. The van der Waals surface area contributed by atoms with E-state index in [1.807, 2.05) is 0 Å². The molecule has 1 amide bonds. The molecule has 0 saturated carbocycles. The number of benzene rings is 2. The number of amides is 1. The van der Waals surface area contributed by atoms with Crippen LogP contribution in [0, 0.1) is 0 Å². The smallest absolute Gasteiger partial charge is 0.255 e. The minimum absolute atomic E-state index is 0.0724. The first-order valence-corrected chi connectivity index (χ1v) is 9.95. The van der Waals surface area contributed by atoms with E-state index in [2.05, 4.69) is 10.0 Å². The van der Waals surface area contributed by atoms with Gasteiger partial charge in [-0.1, -0.05) is 11.6 Å². The van der Waals surface area contributed by atoms with E-state index in [0.717, 1.165) is 0 Å². The van der Waals surface area contributed by atoms with Gasteiger partial charge in [0.2, 0.25) is 10.0 Å². The molecular weight excluding hydrogens is 376 g/mol. The maximum Gasteiger partial charge on any atom is 0.255 e. The average Bonchev–Trinajstić information content (AvgIpc) is 2.56. The molecule has 0 heterocycles. The molecule has 0 aromatic heterocycles. The van der Waals surface area contributed by atoms with Gasteiger partial charge < -0.3 is 10.1 Å². The molecular formula is C18H21ClN2O4S. The topological polar surface area (TPSA) is 84.5 Å². The lowest BCUT2D eigenvalue weighted by molar-refractivity contribution is 0.102. The first kappa shape index (κ1) is 20.2. The van der Waals surface area contributed by atoms with Crippen LogP contribution >= 0.6 is 11.6 Å². The molecule has 0 aliphatic heterocycles. The number of carbonyl (C=O) groups is 1. The molecule has 0 radical (unpaired) electrons. The summed E-state index contributed by atoms with van der Waals surface area (Å²) in [5.74, 6) is -0.236. The molecule has 0 bridgehead atoms. The summed E-state index contributed by atoms with van der Waals surface area (Å²) in [6.45, 7) is 5.50. The fourth-order valence-electron chi connectivity index (χ4n) is 2.24. The third-order valence-corrected chi connectivity index (χ3v) is 5.22. The van der Waals surface area contributed by atoms with Crippen molar-refractivity contribution in [3.05, 3.63) is 53.1 Å². The maximum absolute atomic E-state index is 12.6. The SMILES string of the molecule is CCOc1ccc(C(=O)Nc2ccc(Cl)cc2)cc1S(=O)(=O)NC(C)C. The molecule has 0 spiro atoms. The third-order valence-electron chi connectivity index (χ3n) is 3.29. The number of sulfonamides is 1. The Labute approximate surface area is 158 Å². The molecule has 8 heteroatoms. The van der Waals surface area contributed by atoms with Gasteiger partial charge in [-0.15, -0.1) is 0 Å². The first-order chi connectivity index (χ1) is 12.2. The fraction of sp³-hybridized carbons (Fsp3) is 0.278. The number of nitrogens with one attached hydrogen (secondary N) is 2. The normalized spacial score (nSPS) is 11.4. The molecule has 0 atom stereocenters. The fourth-order valence-corrected chi connectivity index (χ4v) is 3.79. The Hall–Kier alpha value is -2.09. The maximum atomic E-state index is 12.6. The lowest BCUT2D eigenvalue weighted by Crippen LogP contribution is -2.30. The van der Waals surface area contributed by atoms with Crippen molar-refractivity contribution in [1.82, 2.24) is 4.72 Å². The van der Waals surface area contributed by atoms with Gasteiger partial charge >= 0.3 is 0 Å². The Morgan fingerprint density at radius 2 is 1.81 bits per heavy atom. The number of ether oxygens (including phenoxy) is 1. The molecule has 26 heavy (non-hydrogen) atoms. The van der Waals surface area contributed by atoms with Crippen LogP contribution in [-0.4, -0.2) is 27.0 Å². The van der Waals surface area contributed by atoms with Crippen molar-refractivity contribution in [2.24, 2.45) is 0 Å². The summed E-state index contributed by atoms with van der Waals surface area (Å²) < 4.78 is 33.1. The number of hydrogen-bond acceptors (Lipinski definition) is 4. The van der Waals surface area contributed by atoms with E-state index >= 15 is 0 Å². The van der Waals surface area contributed by atoms with Gasteiger partial charge in [0.25, 0.3) is 5.91 Å². The van der Waals surface area contributed by atoms with Crippen LogP contribution in [0.3, 0.4) is 0 Å². The third kappa shape index (κ3) is 5.20. The summed E-state index contributed by atoms with van der Waals surface area (Å²) in [4.78, 5) is 12.4. The van der Waals surface area contributed by atoms with E-state index in [1.54, 1.807) is 45.0 Å². The van der Waals surface area contributed by atoms with Gasteiger partial charge in [-0.05, 0) is 63.2 Å². The summed E-state index contributed by atoms with van der Waals surface area (Å²) in [6.07, 6.45) is 0. The lowest BCUT2D eigenvalue weighted by Gasteiger charge is -2.15. The van der Waals surface area contributed by atoms with Gasteiger partial charge in [0, 0.05) is 22.3 Å². The summed E-state index contributed by atoms with van der Waals surface area (Å²) >= 11 is 5.82. The predicted octanol–water partition coefficient (Wildman–Crippen LogP) is 3.68. The Morgan fingerprint density at radius 1 is 1.15 bits per heavy atom. The zero-order chi connectivity index (χ0) is 19.3. The van der Waals surface area contributed by atoms with Crippen LogP contribution in [0.1, 0.15) is 31.1 Å². The van der Waals surface area contributed by atoms with Crippen LogP contribution in [0.4, 0.5) is 5.69 Å². The van der Waals surface area contributed by atoms with Crippen molar-refractivity contribution in [2.45, 2.75) is 31.7 Å². The van der Waals surface area contributed by atoms with Crippen LogP contribution < -0.4 is 14.8 Å². The monoisotopic (exact) mass is 396 g/mol. The van der Waals surface area contributed by atoms with Gasteiger partial charge in [0.05, 0.1) is 6.61 Å². The molecule has 6 nitrogen and oxygen atoms in total. The summed E-state index contributed by atoms with van der Waals surface area (Å²) in [7, 11) is -3.82. The molecule has 0 aliphatic rings. The molecule has 0 saturated heterocycles. The minimum Gasteiger partial charge on any atom is -0.492 e. The first-order valence-electron chi connectivity index (χ1n) is 8.09. The quantitative estimate of drug-likeness (QED) is 0.747. The molecule has 0 aliphatic carbocycles. The van der Waals surface area contributed by atoms with E-state index in [1.165, 1.54) is 18.2 Å². The summed E-state index contributed by atoms with van der Waals surface area (Å²) in [5, 5.41) is 3.26. The molecule has 2 aromatic rings. The van der Waals surface area contributed by atoms with Crippen molar-refractivity contribution in [1.29, 1.82) is 0 Å². The molecule has 0 fully saturated rings. The molecule has 140 valence electrons. The van der Waals surface area contributed by atoms with Crippen molar-refractivity contribution in [2.75, 3.05) is 11.9 Å². The highest BCUT2D eigenvalue weighted by Crippen LogP contribution is 2.26. The Bertz CT molecular complexity index is 881. The van der Waals surface area contributed by atoms with Crippen molar-refractivity contribution < 1.29 is 17.9 Å². The van der Waals surface area contributed by atoms with E-state index in [9.17, 15) is 13.2 Å². The summed E-state index contributed by atoms with van der Waals surface area (Å²) in [6, 6.07) is 10.6. The largest absolute Gasteiger partial charge is 0.492 e. The average molecular weight is 397 g/mol. The van der Waals surface area contributed by atoms with Gasteiger partial charge in [-0.2, -0.15) is 0 Å². The predicted molar refractivity (Wildman–Crippen MR) is 102 cm³/mol. The highest BCUT2D eigenvalue weighted by atomic mass is 35.5. The Balaban J connectivity index is 2.36. The van der Waals surface area contributed by atoms with E-state index < -0.39 is 15.9 Å². The van der Waals surface area contributed by atoms with Gasteiger partial charge in [0.1, 0.15) is 10.6 Å². The van der Waals surface area contributed by atoms with E-state index in [4.69, 9.17) is 16.3 Å². The molecule has 2 N–H and O–H groups in total. The second kappa shape index (κ2) is 8.53. The molecule has 0 unspecified atom stereocenters. The molecule has 2 rings (SSSR count). The van der Waals surface area contributed by atoms with E-state index in [-0.39, 0.29) is 22.3 Å². The number of anilines is 1. The van der Waals surface area contributed by atoms with Crippen LogP contribution in [0.15, 0.2) is 47.4 Å². The summed E-state index contributed by atoms with van der Waals surface area (Å²) in [5.41, 5.74) is 0.755. The van der Waals surface area contributed by atoms with Crippen molar-refractivity contribution in [3.63, 3.8) is 0 Å². The van der Waals surface area contributed by atoms with Crippen molar-refractivity contribution >= 4 is 33.2 Å². The van der Waals surface area contributed by atoms with Crippen LogP contribution in [0.25, 0.3) is 0 Å². The zero-order valence-corrected chi connectivity index (χ0v) is 16.3. The number of rotatable bonds is 7. The molecule has 2 aromatic carbocycles. The highest BCUT2D eigenvalue weighted by Gasteiger charge is 2.22.